The molecule has 7 nitrogen and oxygen atoms in total. The molecule has 0 N–H and O–H groups in total. The van der Waals surface area contributed by atoms with Crippen LogP contribution in [-0.4, -0.2) is 61.1 Å². The molecule has 0 spiro atoms. The SMILES string of the molecule is CC(OC(=O)[C@H](C(C)C)N(C)C)OC(=O)N(C)[C@]1(c2ccccc2Cl)CCCCC1=O. The number of hydrogen-bond acceptors (Lipinski definition) is 6. The van der Waals surface area contributed by atoms with Crippen LogP contribution in [0.5, 0.6) is 0 Å². The van der Waals surface area contributed by atoms with Crippen LogP contribution in [-0.2, 0) is 24.6 Å². The zero-order valence-electron chi connectivity index (χ0n) is 19.2. The van der Waals surface area contributed by atoms with Crippen molar-refractivity contribution in [3.05, 3.63) is 34.9 Å². The first kappa shape index (κ1) is 25.1. The lowest BCUT2D eigenvalue weighted by atomic mass is 9.74. The van der Waals surface area contributed by atoms with E-state index in [2.05, 4.69) is 0 Å². The average Bonchev–Trinajstić information content (AvgIpc) is 2.67. The molecule has 0 aromatic heterocycles. The Morgan fingerprint density at radius 2 is 1.71 bits per heavy atom. The lowest BCUT2D eigenvalue weighted by Gasteiger charge is -2.43. The minimum Gasteiger partial charge on any atom is -0.424 e. The quantitative estimate of drug-likeness (QED) is 0.455. The predicted molar refractivity (Wildman–Crippen MR) is 119 cm³/mol. The van der Waals surface area contributed by atoms with Gasteiger partial charge in [0.1, 0.15) is 11.6 Å². The van der Waals surface area contributed by atoms with Crippen LogP contribution in [0.25, 0.3) is 0 Å². The molecular weight excluding hydrogens is 420 g/mol. The molecule has 0 saturated heterocycles. The second kappa shape index (κ2) is 10.5. The number of amides is 1. The molecule has 0 radical (unpaired) electrons. The van der Waals surface area contributed by atoms with Gasteiger partial charge in [-0.15, -0.1) is 0 Å². The third-order valence-corrected chi connectivity index (χ3v) is 6.13. The van der Waals surface area contributed by atoms with Crippen molar-refractivity contribution in [3.63, 3.8) is 0 Å². The molecule has 1 aromatic rings. The largest absolute Gasteiger partial charge is 0.424 e. The molecule has 0 aliphatic heterocycles. The van der Waals surface area contributed by atoms with Gasteiger partial charge in [0.25, 0.3) is 0 Å². The van der Waals surface area contributed by atoms with Gasteiger partial charge < -0.3 is 9.47 Å². The topological polar surface area (TPSA) is 76.2 Å². The Balaban J connectivity index is 2.22. The highest BCUT2D eigenvalue weighted by Crippen LogP contribution is 2.42. The van der Waals surface area contributed by atoms with Crippen molar-refractivity contribution in [2.75, 3.05) is 21.1 Å². The maximum atomic E-state index is 13.1. The molecule has 0 heterocycles. The van der Waals surface area contributed by atoms with Crippen LogP contribution in [0.3, 0.4) is 0 Å². The van der Waals surface area contributed by atoms with Gasteiger partial charge in [0.2, 0.25) is 6.29 Å². The van der Waals surface area contributed by atoms with Gasteiger partial charge in [0.15, 0.2) is 5.78 Å². The van der Waals surface area contributed by atoms with Gasteiger partial charge in [0.05, 0.1) is 0 Å². The van der Waals surface area contributed by atoms with E-state index in [0.29, 0.717) is 23.4 Å². The summed E-state index contributed by atoms with van der Waals surface area (Å²) in [6, 6.07) is 6.58. The Morgan fingerprint density at radius 3 is 2.26 bits per heavy atom. The maximum absolute atomic E-state index is 13.1. The molecule has 8 heteroatoms. The minimum absolute atomic E-state index is 0.0245. The highest BCUT2D eigenvalue weighted by Gasteiger charge is 2.49. The summed E-state index contributed by atoms with van der Waals surface area (Å²) in [5.41, 5.74) is -0.625. The molecule has 1 aliphatic carbocycles. The van der Waals surface area contributed by atoms with Crippen molar-refractivity contribution in [2.24, 2.45) is 5.92 Å². The van der Waals surface area contributed by atoms with Crippen LogP contribution in [0.15, 0.2) is 24.3 Å². The Labute approximate surface area is 189 Å². The predicted octanol–water partition coefficient (Wildman–Crippen LogP) is 4.22. The summed E-state index contributed by atoms with van der Waals surface area (Å²) in [7, 11) is 5.11. The molecule has 0 bridgehead atoms. The number of likely N-dealkylation sites (N-methyl/N-ethyl adjacent to an activating group) is 2. The number of ketones is 1. The fraction of sp³-hybridized carbons (Fsp3) is 0.609. The van der Waals surface area contributed by atoms with Gasteiger partial charge in [-0.2, -0.15) is 0 Å². The Kier molecular flexibility index (Phi) is 8.49. The van der Waals surface area contributed by atoms with E-state index in [1.54, 1.807) is 43.3 Å². The summed E-state index contributed by atoms with van der Waals surface area (Å²) in [4.78, 5) is 41.7. The van der Waals surface area contributed by atoms with Gasteiger partial charge in [0, 0.05) is 31.0 Å². The molecule has 1 amide bonds. The van der Waals surface area contributed by atoms with Gasteiger partial charge in [-0.3, -0.25) is 19.4 Å². The van der Waals surface area contributed by atoms with Crippen LogP contribution >= 0.6 is 11.6 Å². The van der Waals surface area contributed by atoms with Crippen LogP contribution in [0.2, 0.25) is 5.02 Å². The fourth-order valence-electron chi connectivity index (χ4n) is 4.34. The van der Waals surface area contributed by atoms with E-state index in [-0.39, 0.29) is 11.7 Å². The van der Waals surface area contributed by atoms with Crippen LogP contribution in [0.4, 0.5) is 4.79 Å². The summed E-state index contributed by atoms with van der Waals surface area (Å²) in [5, 5.41) is 0.419. The van der Waals surface area contributed by atoms with Crippen molar-refractivity contribution in [3.8, 4) is 0 Å². The van der Waals surface area contributed by atoms with E-state index in [0.717, 1.165) is 12.8 Å². The Bertz CT molecular complexity index is 805. The average molecular weight is 453 g/mol. The number of nitrogens with zero attached hydrogens (tertiary/aromatic N) is 2. The zero-order valence-corrected chi connectivity index (χ0v) is 19.9. The van der Waals surface area contributed by atoms with Crippen molar-refractivity contribution < 1.29 is 23.9 Å². The van der Waals surface area contributed by atoms with Crippen LogP contribution < -0.4 is 0 Å². The molecular formula is C23H33ClN2O5. The van der Waals surface area contributed by atoms with Gasteiger partial charge >= 0.3 is 12.1 Å². The lowest BCUT2D eigenvalue weighted by Crippen LogP contribution is -2.55. The van der Waals surface area contributed by atoms with Gasteiger partial charge in [-0.25, -0.2) is 4.79 Å². The smallest absolute Gasteiger partial charge is 0.413 e. The number of hydrogen-bond donors (Lipinski definition) is 0. The number of rotatable bonds is 7. The van der Waals surface area contributed by atoms with Crippen molar-refractivity contribution in [1.29, 1.82) is 0 Å². The summed E-state index contributed by atoms with van der Waals surface area (Å²) >= 11 is 6.42. The third kappa shape index (κ3) is 5.39. The van der Waals surface area contributed by atoms with E-state index in [1.807, 2.05) is 13.8 Å². The molecule has 1 aliphatic rings. The molecule has 1 aromatic carbocycles. The number of Topliss-reactive ketones (excluding diaryl/α,β-unsaturated/α-hetero) is 1. The first-order valence-electron chi connectivity index (χ1n) is 10.6. The molecule has 1 unspecified atom stereocenters. The van der Waals surface area contributed by atoms with Gasteiger partial charge in [-0.05, 0) is 45.3 Å². The molecule has 172 valence electrons. The monoisotopic (exact) mass is 452 g/mol. The van der Waals surface area contributed by atoms with E-state index >= 15 is 0 Å². The lowest BCUT2D eigenvalue weighted by molar-refractivity contribution is -0.174. The Morgan fingerprint density at radius 1 is 1.06 bits per heavy atom. The van der Waals surface area contributed by atoms with E-state index in [9.17, 15) is 14.4 Å². The number of carbonyl (C=O) groups is 3. The Hall–Kier alpha value is -2.12. The molecule has 1 fully saturated rings. The van der Waals surface area contributed by atoms with Crippen LogP contribution in [0.1, 0.15) is 52.0 Å². The normalized spacial score (nSPS) is 21.0. The molecule has 1 saturated carbocycles. The highest BCUT2D eigenvalue weighted by molar-refractivity contribution is 6.31. The first-order valence-corrected chi connectivity index (χ1v) is 11.0. The number of halogens is 1. The number of esters is 1. The van der Waals surface area contributed by atoms with Crippen molar-refractivity contribution >= 4 is 29.4 Å². The number of ether oxygens (including phenoxy) is 2. The fourth-order valence-corrected chi connectivity index (χ4v) is 4.64. The van der Waals surface area contributed by atoms with E-state index in [4.69, 9.17) is 21.1 Å². The summed E-state index contributed by atoms with van der Waals surface area (Å²) in [6.07, 6.45) is 0.491. The van der Waals surface area contributed by atoms with E-state index < -0.39 is 29.9 Å². The highest BCUT2D eigenvalue weighted by atomic mass is 35.5. The maximum Gasteiger partial charge on any atom is 0.413 e. The molecule has 2 rings (SSSR count). The minimum atomic E-state index is -1.21. The van der Waals surface area contributed by atoms with Crippen LogP contribution in [0, 0.1) is 5.92 Å². The van der Waals surface area contributed by atoms with E-state index in [1.165, 1.54) is 18.9 Å². The zero-order chi connectivity index (χ0) is 23.3. The van der Waals surface area contributed by atoms with Crippen molar-refractivity contribution in [1.82, 2.24) is 9.80 Å². The number of benzene rings is 1. The second-order valence-electron chi connectivity index (χ2n) is 8.57. The van der Waals surface area contributed by atoms with Crippen molar-refractivity contribution in [2.45, 2.75) is 64.3 Å². The molecule has 3 atom stereocenters. The third-order valence-electron chi connectivity index (χ3n) is 5.80. The summed E-state index contributed by atoms with van der Waals surface area (Å²) in [5.74, 6) is -0.530. The summed E-state index contributed by atoms with van der Waals surface area (Å²) < 4.78 is 10.8. The summed E-state index contributed by atoms with van der Waals surface area (Å²) in [6.45, 7) is 5.32. The number of carbonyl (C=O) groups excluding carboxylic acids is 3. The standard InChI is InChI=1S/C23H33ClN2O5/c1-15(2)20(25(4)5)21(28)30-16(3)31-22(29)26(6)23(14-10-9-13-19(23)27)17-11-7-8-12-18(17)24/h7-8,11-12,15-16,20H,9-10,13-14H2,1-6H3/t16?,20-,23-/m0/s1. The molecule has 31 heavy (non-hydrogen) atoms. The van der Waals surface area contributed by atoms with Gasteiger partial charge in [-0.1, -0.05) is 43.6 Å². The first-order chi connectivity index (χ1) is 14.5. The second-order valence-corrected chi connectivity index (χ2v) is 8.98.